The third kappa shape index (κ3) is 3.25. The molecule has 4 rings (SSSR count). The highest BCUT2D eigenvalue weighted by molar-refractivity contribution is 6.06. The van der Waals surface area contributed by atoms with Crippen LogP contribution in [0.2, 0.25) is 0 Å². The molecule has 144 valence electrons. The van der Waals surface area contributed by atoms with Crippen LogP contribution in [0.3, 0.4) is 0 Å². The summed E-state index contributed by atoms with van der Waals surface area (Å²) in [4.78, 5) is 35.8. The van der Waals surface area contributed by atoms with Crippen molar-refractivity contribution in [3.05, 3.63) is 24.0 Å². The molecule has 0 saturated carbocycles. The van der Waals surface area contributed by atoms with E-state index in [2.05, 4.69) is 20.2 Å². The SMILES string of the molecule is CN(C)CC(=O)N1[C@@H]2CC[C@H]1C[C@H](Nc1c(C(N)=O)cnc3[nH]ccc13)C2. The quantitative estimate of drug-likeness (QED) is 0.732. The van der Waals surface area contributed by atoms with Gasteiger partial charge in [0.2, 0.25) is 5.91 Å². The molecule has 2 aromatic heterocycles. The third-order valence-electron chi connectivity index (χ3n) is 5.67. The highest BCUT2D eigenvalue weighted by atomic mass is 16.2. The van der Waals surface area contributed by atoms with Crippen LogP contribution in [-0.4, -0.2) is 70.3 Å². The molecule has 0 unspecified atom stereocenters. The molecule has 2 aliphatic heterocycles. The lowest BCUT2D eigenvalue weighted by Crippen LogP contribution is -2.52. The average molecular weight is 370 g/mol. The minimum Gasteiger partial charge on any atom is -0.381 e. The number of rotatable bonds is 5. The van der Waals surface area contributed by atoms with Gasteiger partial charge in [0, 0.05) is 35.9 Å². The van der Waals surface area contributed by atoms with Gasteiger partial charge in [0.15, 0.2) is 0 Å². The molecule has 0 aromatic carbocycles. The Balaban J connectivity index is 1.55. The molecule has 4 N–H and O–H groups in total. The van der Waals surface area contributed by atoms with Crippen LogP contribution in [0, 0.1) is 0 Å². The van der Waals surface area contributed by atoms with E-state index in [0.717, 1.165) is 42.4 Å². The molecule has 0 radical (unpaired) electrons. The summed E-state index contributed by atoms with van der Waals surface area (Å²) in [5.74, 6) is -0.282. The van der Waals surface area contributed by atoms with Gasteiger partial charge in [0.05, 0.1) is 17.8 Å². The van der Waals surface area contributed by atoms with Crippen molar-refractivity contribution in [1.29, 1.82) is 0 Å². The zero-order valence-corrected chi connectivity index (χ0v) is 15.7. The van der Waals surface area contributed by atoms with Gasteiger partial charge in [-0.1, -0.05) is 0 Å². The molecule has 0 aliphatic carbocycles. The molecule has 3 atom stereocenters. The van der Waals surface area contributed by atoms with Gasteiger partial charge in [-0.05, 0) is 45.8 Å². The summed E-state index contributed by atoms with van der Waals surface area (Å²) in [6.07, 6.45) is 7.17. The molecule has 8 heteroatoms. The number of hydrogen-bond donors (Lipinski definition) is 3. The van der Waals surface area contributed by atoms with Crippen molar-refractivity contribution in [2.75, 3.05) is 26.0 Å². The Labute approximate surface area is 158 Å². The fourth-order valence-corrected chi connectivity index (χ4v) is 4.61. The van der Waals surface area contributed by atoms with E-state index in [0.29, 0.717) is 12.1 Å². The number of nitrogens with zero attached hydrogens (tertiary/aromatic N) is 3. The van der Waals surface area contributed by atoms with E-state index in [1.807, 2.05) is 25.1 Å². The van der Waals surface area contributed by atoms with Gasteiger partial charge in [0.1, 0.15) is 5.65 Å². The summed E-state index contributed by atoms with van der Waals surface area (Å²) in [5.41, 5.74) is 7.44. The second-order valence-corrected chi connectivity index (χ2v) is 7.89. The average Bonchev–Trinajstić information content (AvgIpc) is 3.17. The van der Waals surface area contributed by atoms with Crippen LogP contribution in [0.5, 0.6) is 0 Å². The van der Waals surface area contributed by atoms with Gasteiger partial charge < -0.3 is 25.8 Å². The minimum atomic E-state index is -0.491. The number of anilines is 1. The Morgan fingerprint density at radius 1 is 1.33 bits per heavy atom. The predicted octanol–water partition coefficient (Wildman–Crippen LogP) is 1.16. The summed E-state index contributed by atoms with van der Waals surface area (Å²) in [6, 6.07) is 2.62. The lowest BCUT2D eigenvalue weighted by Gasteiger charge is -2.40. The molecule has 2 amide bonds. The highest BCUT2D eigenvalue weighted by Crippen LogP contribution is 2.38. The van der Waals surface area contributed by atoms with E-state index in [4.69, 9.17) is 5.73 Å². The lowest BCUT2D eigenvalue weighted by atomic mass is 9.96. The zero-order valence-electron chi connectivity index (χ0n) is 15.7. The number of nitrogens with one attached hydrogen (secondary N) is 2. The number of primary amides is 1. The molecule has 27 heavy (non-hydrogen) atoms. The Hall–Kier alpha value is -2.61. The van der Waals surface area contributed by atoms with Crippen molar-refractivity contribution in [1.82, 2.24) is 19.8 Å². The summed E-state index contributed by atoms with van der Waals surface area (Å²) < 4.78 is 0. The fraction of sp³-hybridized carbons (Fsp3) is 0.526. The highest BCUT2D eigenvalue weighted by Gasteiger charge is 2.43. The lowest BCUT2D eigenvalue weighted by molar-refractivity contribution is -0.136. The number of carbonyl (C=O) groups excluding carboxylic acids is 2. The van der Waals surface area contributed by atoms with Crippen LogP contribution in [-0.2, 0) is 4.79 Å². The maximum absolute atomic E-state index is 12.6. The van der Waals surface area contributed by atoms with Crippen LogP contribution in [0.15, 0.2) is 18.5 Å². The molecular formula is C19H26N6O2. The largest absolute Gasteiger partial charge is 0.381 e. The first-order chi connectivity index (χ1) is 12.9. The molecule has 4 heterocycles. The number of piperidine rings is 1. The van der Waals surface area contributed by atoms with Crippen molar-refractivity contribution < 1.29 is 9.59 Å². The van der Waals surface area contributed by atoms with Crippen molar-refractivity contribution in [2.45, 2.75) is 43.8 Å². The number of pyridine rings is 1. The summed E-state index contributed by atoms with van der Waals surface area (Å²) in [7, 11) is 3.84. The van der Waals surface area contributed by atoms with Crippen LogP contribution < -0.4 is 11.1 Å². The molecule has 2 saturated heterocycles. The summed E-state index contributed by atoms with van der Waals surface area (Å²) >= 11 is 0. The van der Waals surface area contributed by atoms with Gasteiger partial charge in [-0.25, -0.2) is 4.98 Å². The van der Waals surface area contributed by atoms with E-state index in [-0.39, 0.29) is 24.0 Å². The molecule has 8 nitrogen and oxygen atoms in total. The summed E-state index contributed by atoms with van der Waals surface area (Å²) in [5, 5.41) is 4.42. The topological polar surface area (TPSA) is 107 Å². The zero-order chi connectivity index (χ0) is 19.1. The number of likely N-dealkylation sites (N-methyl/N-ethyl adjacent to an activating group) is 1. The van der Waals surface area contributed by atoms with E-state index in [9.17, 15) is 9.59 Å². The van der Waals surface area contributed by atoms with E-state index < -0.39 is 5.91 Å². The first-order valence-electron chi connectivity index (χ1n) is 9.42. The third-order valence-corrected chi connectivity index (χ3v) is 5.67. The molecule has 2 aliphatic rings. The Morgan fingerprint density at radius 2 is 2.04 bits per heavy atom. The van der Waals surface area contributed by atoms with Crippen molar-refractivity contribution in [3.63, 3.8) is 0 Å². The second-order valence-electron chi connectivity index (χ2n) is 7.89. The van der Waals surface area contributed by atoms with Crippen molar-refractivity contribution in [3.8, 4) is 0 Å². The number of amides is 2. The standard InChI is InChI=1S/C19H26N6O2/c1-24(2)10-16(26)25-12-3-4-13(25)8-11(7-12)23-17-14-5-6-21-19(14)22-9-15(17)18(20)27/h5-6,9,11-13H,3-4,7-8,10H2,1-2H3,(H2,20,27)(H2,21,22,23)/t11-,12-,13+. The van der Waals surface area contributed by atoms with Crippen molar-refractivity contribution >= 4 is 28.5 Å². The monoisotopic (exact) mass is 370 g/mol. The molecule has 2 aromatic rings. The molecule has 2 bridgehead atoms. The van der Waals surface area contributed by atoms with Gasteiger partial charge in [-0.15, -0.1) is 0 Å². The number of hydrogen-bond acceptors (Lipinski definition) is 5. The number of aromatic amines is 1. The molecular weight excluding hydrogens is 344 g/mol. The molecule has 0 spiro atoms. The minimum absolute atomic E-state index is 0.199. The van der Waals surface area contributed by atoms with Gasteiger partial charge >= 0.3 is 0 Å². The van der Waals surface area contributed by atoms with Crippen LogP contribution in [0.25, 0.3) is 11.0 Å². The Kier molecular flexibility index (Phi) is 4.51. The first kappa shape index (κ1) is 17.8. The fourth-order valence-electron chi connectivity index (χ4n) is 4.61. The smallest absolute Gasteiger partial charge is 0.252 e. The maximum atomic E-state index is 12.6. The number of nitrogens with two attached hydrogens (primary N) is 1. The molecule has 2 fully saturated rings. The number of H-pyrrole nitrogens is 1. The first-order valence-corrected chi connectivity index (χ1v) is 9.42. The number of fused-ring (bicyclic) bond motifs is 3. The van der Waals surface area contributed by atoms with Crippen LogP contribution in [0.1, 0.15) is 36.0 Å². The van der Waals surface area contributed by atoms with Gasteiger partial charge in [-0.3, -0.25) is 9.59 Å². The number of carbonyl (C=O) groups is 2. The Bertz CT molecular complexity index is 862. The Morgan fingerprint density at radius 3 is 2.67 bits per heavy atom. The predicted molar refractivity (Wildman–Crippen MR) is 103 cm³/mol. The maximum Gasteiger partial charge on any atom is 0.252 e. The van der Waals surface area contributed by atoms with Crippen LogP contribution in [0.4, 0.5) is 5.69 Å². The van der Waals surface area contributed by atoms with E-state index in [1.165, 1.54) is 6.20 Å². The van der Waals surface area contributed by atoms with E-state index in [1.54, 1.807) is 6.20 Å². The van der Waals surface area contributed by atoms with Gasteiger partial charge in [0.25, 0.3) is 5.91 Å². The van der Waals surface area contributed by atoms with Crippen LogP contribution >= 0.6 is 0 Å². The summed E-state index contributed by atoms with van der Waals surface area (Å²) in [6.45, 7) is 0.450. The van der Waals surface area contributed by atoms with E-state index >= 15 is 0 Å². The number of aromatic nitrogens is 2. The van der Waals surface area contributed by atoms with Crippen molar-refractivity contribution in [2.24, 2.45) is 5.73 Å². The van der Waals surface area contributed by atoms with Gasteiger partial charge in [-0.2, -0.15) is 0 Å². The second kappa shape index (κ2) is 6.84. The normalized spacial score (nSPS) is 24.6.